The molecule has 1 aromatic heterocycles. The molecule has 4 unspecified atom stereocenters. The van der Waals surface area contributed by atoms with Gasteiger partial charge < -0.3 is 20.5 Å². The van der Waals surface area contributed by atoms with Crippen LogP contribution in [0.5, 0.6) is 0 Å². The minimum absolute atomic E-state index is 0.0802. The van der Waals surface area contributed by atoms with Crippen molar-refractivity contribution < 1.29 is 19.4 Å². The average Bonchev–Trinajstić information content (AvgIpc) is 3.00. The molecule has 0 radical (unpaired) electrons. The van der Waals surface area contributed by atoms with E-state index in [0.29, 0.717) is 38.8 Å². The van der Waals surface area contributed by atoms with Gasteiger partial charge in [-0.1, -0.05) is 60.7 Å². The molecule has 1 saturated heterocycles. The maximum absolute atomic E-state index is 13.5. The van der Waals surface area contributed by atoms with Crippen LogP contribution in [0.1, 0.15) is 56.7 Å². The topological polar surface area (TPSA) is 104 Å². The lowest BCUT2D eigenvalue weighted by Gasteiger charge is -2.41. The molecule has 2 aromatic carbocycles. The van der Waals surface area contributed by atoms with Crippen LogP contribution in [0.25, 0.3) is 0 Å². The van der Waals surface area contributed by atoms with Crippen molar-refractivity contribution in [2.75, 3.05) is 13.1 Å². The molecule has 1 fully saturated rings. The number of aliphatic hydroxyl groups is 1. The summed E-state index contributed by atoms with van der Waals surface area (Å²) in [6, 6.07) is 22.7. The van der Waals surface area contributed by atoms with Gasteiger partial charge in [0.05, 0.1) is 30.9 Å². The fourth-order valence-corrected chi connectivity index (χ4v) is 5.47. The van der Waals surface area contributed by atoms with Crippen LogP contribution in [0.4, 0.5) is 0 Å². The van der Waals surface area contributed by atoms with Crippen molar-refractivity contribution in [2.45, 2.75) is 89.3 Å². The monoisotopic (exact) mass is 586 g/mol. The molecule has 0 saturated carbocycles. The van der Waals surface area contributed by atoms with Gasteiger partial charge in [-0.15, -0.1) is 0 Å². The Balaban J connectivity index is 1.44. The largest absolute Gasteiger partial charge is 0.390 e. The molecule has 1 aliphatic rings. The van der Waals surface area contributed by atoms with Crippen LogP contribution in [-0.4, -0.2) is 69.7 Å². The summed E-state index contributed by atoms with van der Waals surface area (Å²) < 4.78 is 6.22. The molecule has 0 aliphatic carbocycles. The third kappa shape index (κ3) is 10.9. The van der Waals surface area contributed by atoms with E-state index in [4.69, 9.17) is 4.74 Å². The molecule has 230 valence electrons. The number of amides is 2. The van der Waals surface area contributed by atoms with E-state index >= 15 is 0 Å². The van der Waals surface area contributed by atoms with Gasteiger partial charge in [0, 0.05) is 37.4 Å². The Morgan fingerprint density at radius 2 is 1.63 bits per heavy atom. The van der Waals surface area contributed by atoms with Crippen molar-refractivity contribution in [3.05, 3.63) is 102 Å². The molecular formula is C35H46N4O4. The third-order valence-electron chi connectivity index (χ3n) is 7.72. The molecule has 8 nitrogen and oxygen atoms in total. The number of hydrogen-bond acceptors (Lipinski definition) is 6. The number of carbonyl (C=O) groups is 2. The summed E-state index contributed by atoms with van der Waals surface area (Å²) in [7, 11) is 0. The van der Waals surface area contributed by atoms with Gasteiger partial charge in [-0.3, -0.25) is 19.5 Å². The summed E-state index contributed by atoms with van der Waals surface area (Å²) in [6.07, 6.45) is 5.24. The summed E-state index contributed by atoms with van der Waals surface area (Å²) in [4.78, 5) is 32.7. The fraction of sp³-hybridized carbons (Fsp3) is 0.457. The zero-order chi connectivity index (χ0) is 30.7. The zero-order valence-corrected chi connectivity index (χ0v) is 25.6. The highest BCUT2D eigenvalue weighted by Crippen LogP contribution is 2.23. The van der Waals surface area contributed by atoms with Gasteiger partial charge in [0.15, 0.2) is 0 Å². The van der Waals surface area contributed by atoms with Crippen molar-refractivity contribution in [2.24, 2.45) is 0 Å². The van der Waals surface area contributed by atoms with Gasteiger partial charge in [-0.05, 0) is 75.3 Å². The minimum atomic E-state index is -0.875. The highest BCUT2D eigenvalue weighted by atomic mass is 16.5. The van der Waals surface area contributed by atoms with Crippen molar-refractivity contribution in [1.29, 1.82) is 0 Å². The van der Waals surface area contributed by atoms with Crippen LogP contribution in [0.3, 0.4) is 0 Å². The Kier molecular flexibility index (Phi) is 11.8. The second kappa shape index (κ2) is 15.8. The number of likely N-dealkylation sites (tertiary alicyclic amines) is 1. The van der Waals surface area contributed by atoms with Crippen molar-refractivity contribution >= 4 is 11.8 Å². The first-order chi connectivity index (χ1) is 20.7. The van der Waals surface area contributed by atoms with Crippen LogP contribution >= 0.6 is 0 Å². The molecule has 4 rings (SSSR count). The second-order valence-electron chi connectivity index (χ2n) is 12.5. The third-order valence-corrected chi connectivity index (χ3v) is 7.72. The predicted octanol–water partition coefficient (Wildman–Crippen LogP) is 4.07. The van der Waals surface area contributed by atoms with Gasteiger partial charge in [-0.25, -0.2) is 0 Å². The molecule has 1 aliphatic heterocycles. The molecule has 0 spiro atoms. The number of nitrogens with one attached hydrogen (secondary N) is 2. The smallest absolute Gasteiger partial charge is 0.237 e. The van der Waals surface area contributed by atoms with E-state index in [1.165, 1.54) is 0 Å². The number of aromatic nitrogens is 1. The number of pyridine rings is 1. The quantitative estimate of drug-likeness (QED) is 0.279. The summed E-state index contributed by atoms with van der Waals surface area (Å²) in [5.74, 6) is -0.183. The molecule has 3 aromatic rings. The molecule has 0 bridgehead atoms. The van der Waals surface area contributed by atoms with Crippen molar-refractivity contribution in [1.82, 2.24) is 20.5 Å². The van der Waals surface area contributed by atoms with E-state index in [1.54, 1.807) is 12.4 Å². The second-order valence-corrected chi connectivity index (χ2v) is 12.5. The summed E-state index contributed by atoms with van der Waals surface area (Å²) in [5, 5.41) is 17.8. The van der Waals surface area contributed by atoms with Gasteiger partial charge in [0.1, 0.15) is 0 Å². The molecule has 8 heteroatoms. The molecule has 2 heterocycles. The highest BCUT2D eigenvalue weighted by molar-refractivity contribution is 5.82. The van der Waals surface area contributed by atoms with Crippen LogP contribution in [0.15, 0.2) is 85.2 Å². The molecule has 4 atom stereocenters. The Morgan fingerprint density at radius 1 is 0.977 bits per heavy atom. The summed E-state index contributed by atoms with van der Waals surface area (Å²) in [6.45, 7) is 7.20. The Bertz CT molecular complexity index is 1270. The van der Waals surface area contributed by atoms with Crippen LogP contribution < -0.4 is 10.6 Å². The lowest BCUT2D eigenvalue weighted by atomic mass is 9.94. The van der Waals surface area contributed by atoms with Crippen molar-refractivity contribution in [3.63, 3.8) is 0 Å². The van der Waals surface area contributed by atoms with E-state index in [2.05, 4.69) is 15.6 Å². The standard InChI is InChI=1S/C35H46N4O4/c1-35(2,3)38-34(42)31-23-29(43-25-28-16-19-36-20-17-28)18-21-39(31)24-32(40)30(22-27-12-8-5-9-13-27)37-33(41)15-14-26-10-6-4-7-11-26/h4-13,16-17,19-20,29-32,40H,14-15,18,21-25H2,1-3H3,(H,37,41)(H,38,42). The molecule has 2 amide bonds. The van der Waals surface area contributed by atoms with E-state index < -0.39 is 23.7 Å². The Hall–Kier alpha value is -3.59. The summed E-state index contributed by atoms with van der Waals surface area (Å²) in [5.41, 5.74) is 2.77. The number of nitrogens with zero attached hydrogens (tertiary/aromatic N) is 2. The molecular weight excluding hydrogens is 540 g/mol. The maximum Gasteiger partial charge on any atom is 0.237 e. The minimum Gasteiger partial charge on any atom is -0.390 e. The first-order valence-corrected chi connectivity index (χ1v) is 15.3. The van der Waals surface area contributed by atoms with Gasteiger partial charge >= 0.3 is 0 Å². The van der Waals surface area contributed by atoms with Gasteiger partial charge in [0.2, 0.25) is 11.8 Å². The number of aryl methyl sites for hydroxylation is 1. The van der Waals surface area contributed by atoms with Crippen LogP contribution in [0.2, 0.25) is 0 Å². The highest BCUT2D eigenvalue weighted by Gasteiger charge is 2.37. The normalized spacial score (nSPS) is 18.9. The van der Waals surface area contributed by atoms with Crippen LogP contribution in [0, 0.1) is 0 Å². The van der Waals surface area contributed by atoms with Gasteiger partial charge in [0.25, 0.3) is 0 Å². The fourth-order valence-electron chi connectivity index (χ4n) is 5.47. The number of rotatable bonds is 13. The Labute approximate surface area is 255 Å². The SMILES string of the molecule is CC(C)(C)NC(=O)C1CC(OCc2ccncc2)CCN1CC(O)C(Cc1ccccc1)NC(=O)CCc1ccccc1. The average molecular weight is 587 g/mol. The first kappa shape index (κ1) is 32.3. The van der Waals surface area contributed by atoms with E-state index in [0.717, 1.165) is 23.1 Å². The van der Waals surface area contributed by atoms with E-state index in [9.17, 15) is 14.7 Å². The number of β-amino-alcohol motifs (C(OH)–C–C–N with tert-alkyl or cyclic N) is 1. The lowest BCUT2D eigenvalue weighted by molar-refractivity contribution is -0.134. The summed E-state index contributed by atoms with van der Waals surface area (Å²) >= 11 is 0. The number of aliphatic hydroxyl groups excluding tert-OH is 1. The Morgan fingerprint density at radius 3 is 2.28 bits per heavy atom. The number of ether oxygens (including phenoxy) is 1. The van der Waals surface area contributed by atoms with Gasteiger partial charge in [-0.2, -0.15) is 0 Å². The van der Waals surface area contributed by atoms with Crippen LogP contribution in [-0.2, 0) is 33.8 Å². The zero-order valence-electron chi connectivity index (χ0n) is 25.6. The molecule has 3 N–H and O–H groups in total. The number of piperidine rings is 1. The molecule has 43 heavy (non-hydrogen) atoms. The van der Waals surface area contributed by atoms with E-state index in [-0.39, 0.29) is 24.5 Å². The number of benzene rings is 2. The van der Waals surface area contributed by atoms with Crippen molar-refractivity contribution in [3.8, 4) is 0 Å². The number of hydrogen-bond donors (Lipinski definition) is 3. The first-order valence-electron chi connectivity index (χ1n) is 15.3. The van der Waals surface area contributed by atoms with E-state index in [1.807, 2.05) is 98.5 Å². The maximum atomic E-state index is 13.5. The number of carbonyl (C=O) groups excluding carboxylic acids is 2. The lowest BCUT2D eigenvalue weighted by Crippen LogP contribution is -2.59. The predicted molar refractivity (Wildman–Crippen MR) is 168 cm³/mol.